The Morgan fingerprint density at radius 1 is 0.939 bits per heavy atom. The summed E-state index contributed by atoms with van der Waals surface area (Å²) < 4.78 is 19.4. The first kappa shape index (κ1) is 23.2. The lowest BCUT2D eigenvalue weighted by molar-refractivity contribution is 0.0374. The number of carbonyl (C=O) groups excluding carboxylic acids is 2. The minimum absolute atomic E-state index is 0.0322. The number of halogens is 1. The van der Waals surface area contributed by atoms with Crippen LogP contribution < -0.4 is 15.5 Å². The van der Waals surface area contributed by atoms with E-state index in [1.165, 1.54) is 12.1 Å². The molecule has 2 aromatic carbocycles. The fourth-order valence-corrected chi connectivity index (χ4v) is 4.30. The summed E-state index contributed by atoms with van der Waals surface area (Å²) in [6.45, 7) is 6.67. The Bertz CT molecular complexity index is 972. The Hall–Kier alpha value is -2.97. The highest BCUT2D eigenvalue weighted by molar-refractivity contribution is 6.06. The van der Waals surface area contributed by atoms with Gasteiger partial charge in [0.25, 0.3) is 11.8 Å². The average molecular weight is 455 g/mol. The van der Waals surface area contributed by atoms with Gasteiger partial charge >= 0.3 is 0 Å². The zero-order valence-corrected chi connectivity index (χ0v) is 18.8. The molecule has 2 aliphatic rings. The number of nitrogens with one attached hydrogen (secondary N) is 2. The molecule has 0 saturated carbocycles. The molecule has 2 fully saturated rings. The maximum atomic E-state index is 14.0. The summed E-state index contributed by atoms with van der Waals surface area (Å²) in [6, 6.07) is 11.2. The molecule has 8 heteroatoms. The highest BCUT2D eigenvalue weighted by Crippen LogP contribution is 2.28. The van der Waals surface area contributed by atoms with Gasteiger partial charge in [0, 0.05) is 44.1 Å². The van der Waals surface area contributed by atoms with Gasteiger partial charge in [-0.1, -0.05) is 12.1 Å². The van der Waals surface area contributed by atoms with Crippen LogP contribution in [-0.4, -0.2) is 69.2 Å². The van der Waals surface area contributed by atoms with Crippen molar-refractivity contribution in [2.45, 2.75) is 19.3 Å². The van der Waals surface area contributed by atoms with E-state index in [9.17, 15) is 14.0 Å². The van der Waals surface area contributed by atoms with Crippen molar-refractivity contribution in [3.8, 4) is 0 Å². The fraction of sp³-hybridized carbons (Fsp3) is 0.440. The SMILES string of the molecule is O=C(Nc1ccc(N2CCCC2)c(C(=O)NCCCN2CCOCC2)c1)c1ccccc1F. The lowest BCUT2D eigenvalue weighted by atomic mass is 10.1. The number of morpholine rings is 1. The number of nitrogens with zero attached hydrogens (tertiary/aromatic N) is 2. The molecule has 2 heterocycles. The van der Waals surface area contributed by atoms with Crippen molar-refractivity contribution in [2.24, 2.45) is 0 Å². The molecular weight excluding hydrogens is 423 g/mol. The van der Waals surface area contributed by atoms with Gasteiger partial charge in [0.1, 0.15) is 5.82 Å². The van der Waals surface area contributed by atoms with E-state index in [1.54, 1.807) is 24.3 Å². The lowest BCUT2D eigenvalue weighted by Crippen LogP contribution is -2.38. The zero-order valence-electron chi connectivity index (χ0n) is 18.8. The van der Waals surface area contributed by atoms with Crippen LogP contribution in [-0.2, 0) is 4.74 Å². The van der Waals surface area contributed by atoms with Crippen LogP contribution in [0.4, 0.5) is 15.8 Å². The van der Waals surface area contributed by atoms with E-state index >= 15 is 0 Å². The van der Waals surface area contributed by atoms with Crippen LogP contribution in [0.3, 0.4) is 0 Å². The first-order valence-corrected chi connectivity index (χ1v) is 11.6. The predicted molar refractivity (Wildman–Crippen MR) is 126 cm³/mol. The highest BCUT2D eigenvalue weighted by Gasteiger charge is 2.21. The Labute approximate surface area is 193 Å². The van der Waals surface area contributed by atoms with E-state index in [1.807, 2.05) is 6.07 Å². The summed E-state index contributed by atoms with van der Waals surface area (Å²) in [5.41, 5.74) is 1.82. The molecule has 2 aromatic rings. The molecule has 4 rings (SSSR count). The summed E-state index contributed by atoms with van der Waals surface area (Å²) in [5, 5.41) is 5.75. The summed E-state index contributed by atoms with van der Waals surface area (Å²) in [4.78, 5) is 30.2. The molecular formula is C25H31FN4O3. The molecule has 2 aliphatic heterocycles. The van der Waals surface area contributed by atoms with E-state index in [2.05, 4.69) is 20.4 Å². The number of benzene rings is 2. The van der Waals surface area contributed by atoms with Crippen LogP contribution >= 0.6 is 0 Å². The fourth-order valence-electron chi connectivity index (χ4n) is 4.30. The van der Waals surface area contributed by atoms with Crippen molar-refractivity contribution in [3.63, 3.8) is 0 Å². The molecule has 0 radical (unpaired) electrons. The van der Waals surface area contributed by atoms with E-state index < -0.39 is 11.7 Å². The predicted octanol–water partition coefficient (Wildman–Crippen LogP) is 3.13. The largest absolute Gasteiger partial charge is 0.379 e. The van der Waals surface area contributed by atoms with Gasteiger partial charge in [-0.25, -0.2) is 4.39 Å². The summed E-state index contributed by atoms with van der Waals surface area (Å²) in [6.07, 6.45) is 3.03. The number of amides is 2. The molecule has 0 aromatic heterocycles. The number of hydrogen-bond donors (Lipinski definition) is 2. The topological polar surface area (TPSA) is 73.9 Å². The first-order chi connectivity index (χ1) is 16.1. The maximum absolute atomic E-state index is 14.0. The minimum Gasteiger partial charge on any atom is -0.379 e. The Balaban J connectivity index is 1.43. The van der Waals surface area contributed by atoms with Gasteiger partial charge in [-0.15, -0.1) is 0 Å². The monoisotopic (exact) mass is 454 g/mol. The van der Waals surface area contributed by atoms with Crippen molar-refractivity contribution < 1.29 is 18.7 Å². The van der Waals surface area contributed by atoms with Crippen LogP contribution in [0.25, 0.3) is 0 Å². The van der Waals surface area contributed by atoms with Crippen molar-refractivity contribution in [1.82, 2.24) is 10.2 Å². The third-order valence-corrected chi connectivity index (χ3v) is 6.10. The number of hydrogen-bond acceptors (Lipinski definition) is 5. The third-order valence-electron chi connectivity index (χ3n) is 6.10. The molecule has 7 nitrogen and oxygen atoms in total. The van der Waals surface area contributed by atoms with Crippen molar-refractivity contribution >= 4 is 23.2 Å². The van der Waals surface area contributed by atoms with Gasteiger partial charge in [0.05, 0.1) is 24.3 Å². The molecule has 176 valence electrons. The van der Waals surface area contributed by atoms with Gasteiger partial charge in [-0.3, -0.25) is 14.5 Å². The van der Waals surface area contributed by atoms with E-state index in [0.29, 0.717) is 17.8 Å². The van der Waals surface area contributed by atoms with Crippen LogP contribution in [0.2, 0.25) is 0 Å². The molecule has 0 unspecified atom stereocenters. The van der Waals surface area contributed by atoms with Gasteiger partial charge in [-0.2, -0.15) is 0 Å². The van der Waals surface area contributed by atoms with Crippen molar-refractivity contribution in [3.05, 3.63) is 59.4 Å². The molecule has 33 heavy (non-hydrogen) atoms. The smallest absolute Gasteiger partial charge is 0.258 e. The maximum Gasteiger partial charge on any atom is 0.258 e. The van der Waals surface area contributed by atoms with Crippen molar-refractivity contribution in [2.75, 3.05) is 62.7 Å². The summed E-state index contributed by atoms with van der Waals surface area (Å²) in [7, 11) is 0. The second kappa shape index (κ2) is 11.2. The first-order valence-electron chi connectivity index (χ1n) is 11.6. The summed E-state index contributed by atoms with van der Waals surface area (Å²) >= 11 is 0. The molecule has 2 N–H and O–H groups in total. The number of rotatable bonds is 8. The minimum atomic E-state index is -0.582. The molecule has 2 saturated heterocycles. The van der Waals surface area contributed by atoms with Crippen molar-refractivity contribution in [1.29, 1.82) is 0 Å². The number of ether oxygens (including phenoxy) is 1. The van der Waals surface area contributed by atoms with E-state index in [4.69, 9.17) is 4.74 Å². The zero-order chi connectivity index (χ0) is 23.0. The standard InChI is InChI=1S/C25H31FN4O3/c26-22-7-2-1-6-20(22)25(32)28-19-8-9-23(30-12-3-4-13-30)21(18-19)24(31)27-10-5-11-29-14-16-33-17-15-29/h1-2,6-9,18H,3-5,10-17H2,(H,27,31)(H,28,32). The molecule has 2 amide bonds. The molecule has 0 atom stereocenters. The number of carbonyl (C=O) groups is 2. The highest BCUT2D eigenvalue weighted by atomic mass is 19.1. The lowest BCUT2D eigenvalue weighted by Gasteiger charge is -2.26. The summed E-state index contributed by atoms with van der Waals surface area (Å²) in [5.74, 6) is -1.29. The van der Waals surface area contributed by atoms with Crippen LogP contribution in [0.5, 0.6) is 0 Å². The van der Waals surface area contributed by atoms with Gasteiger partial charge in [0.2, 0.25) is 0 Å². The second-order valence-corrected chi connectivity index (χ2v) is 8.42. The van der Waals surface area contributed by atoms with E-state index in [0.717, 1.165) is 70.9 Å². The molecule has 0 bridgehead atoms. The van der Waals surface area contributed by atoms with Gasteiger partial charge < -0.3 is 20.3 Å². The number of anilines is 2. The second-order valence-electron chi connectivity index (χ2n) is 8.42. The Morgan fingerprint density at radius 3 is 2.45 bits per heavy atom. The van der Waals surface area contributed by atoms with Crippen LogP contribution in [0.1, 0.15) is 40.0 Å². The van der Waals surface area contributed by atoms with Crippen LogP contribution in [0, 0.1) is 5.82 Å². The molecule has 0 spiro atoms. The normalized spacial score (nSPS) is 16.6. The Morgan fingerprint density at radius 2 is 1.70 bits per heavy atom. The Kier molecular flexibility index (Phi) is 7.91. The third kappa shape index (κ3) is 6.09. The van der Waals surface area contributed by atoms with E-state index in [-0.39, 0.29) is 11.5 Å². The van der Waals surface area contributed by atoms with Crippen LogP contribution in [0.15, 0.2) is 42.5 Å². The average Bonchev–Trinajstić information content (AvgIpc) is 3.37. The van der Waals surface area contributed by atoms with Gasteiger partial charge in [0.15, 0.2) is 0 Å². The molecule has 0 aliphatic carbocycles. The quantitative estimate of drug-likeness (QED) is 0.600. The van der Waals surface area contributed by atoms with Gasteiger partial charge in [-0.05, 0) is 56.1 Å².